The molecule has 0 radical (unpaired) electrons. The van der Waals surface area contributed by atoms with Gasteiger partial charge in [0.15, 0.2) is 17.3 Å². The summed E-state index contributed by atoms with van der Waals surface area (Å²) in [6.07, 6.45) is 1.39. The second-order valence-electron chi connectivity index (χ2n) is 8.32. The summed E-state index contributed by atoms with van der Waals surface area (Å²) in [5, 5.41) is 5.46. The first-order valence-corrected chi connectivity index (χ1v) is 10.7. The largest absolute Gasteiger partial charge is 0.454 e. The lowest BCUT2D eigenvalue weighted by Gasteiger charge is -2.21. The number of nitrogens with one attached hydrogen (secondary N) is 2. The van der Waals surface area contributed by atoms with E-state index in [1.54, 1.807) is 43.3 Å². The van der Waals surface area contributed by atoms with Crippen LogP contribution in [0, 0.1) is 0 Å². The molecule has 0 unspecified atom stereocenters. The highest BCUT2D eigenvalue weighted by molar-refractivity contribution is 6.11. The summed E-state index contributed by atoms with van der Waals surface area (Å²) in [6.45, 7) is 3.32. The number of ether oxygens (including phenoxy) is 2. The Labute approximate surface area is 191 Å². The lowest BCUT2D eigenvalue weighted by molar-refractivity contribution is -0.130. The van der Waals surface area contributed by atoms with Gasteiger partial charge in [-0.2, -0.15) is 0 Å². The molecule has 1 atom stereocenters. The van der Waals surface area contributed by atoms with E-state index in [9.17, 15) is 19.2 Å². The number of rotatable bonds is 8. The van der Waals surface area contributed by atoms with Crippen LogP contribution in [0.5, 0.6) is 11.5 Å². The first-order chi connectivity index (χ1) is 15.8. The summed E-state index contributed by atoms with van der Waals surface area (Å²) in [5.74, 6) is 0.278. The zero-order valence-corrected chi connectivity index (χ0v) is 18.5. The highest BCUT2D eigenvalue weighted by Gasteiger charge is 2.48. The lowest BCUT2D eigenvalue weighted by atomic mass is 9.92. The fraction of sp³-hybridized carbons (Fsp3) is 0.333. The quantitative estimate of drug-likeness (QED) is 0.471. The van der Waals surface area contributed by atoms with Crippen molar-refractivity contribution in [3.63, 3.8) is 0 Å². The first-order valence-electron chi connectivity index (χ1n) is 10.7. The molecule has 1 saturated heterocycles. The number of hydrogen-bond donors (Lipinski definition) is 2. The van der Waals surface area contributed by atoms with Gasteiger partial charge in [-0.05, 0) is 55.3 Å². The average Bonchev–Trinajstić information content (AvgIpc) is 3.32. The van der Waals surface area contributed by atoms with Gasteiger partial charge >= 0.3 is 6.03 Å². The van der Waals surface area contributed by atoms with Crippen molar-refractivity contribution in [2.24, 2.45) is 0 Å². The summed E-state index contributed by atoms with van der Waals surface area (Å²) >= 11 is 0. The Morgan fingerprint density at radius 3 is 2.55 bits per heavy atom. The zero-order valence-electron chi connectivity index (χ0n) is 18.5. The highest BCUT2D eigenvalue weighted by Crippen LogP contribution is 2.34. The van der Waals surface area contributed by atoms with E-state index in [4.69, 9.17) is 9.47 Å². The Balaban J connectivity index is 1.41. The molecule has 172 valence electrons. The van der Waals surface area contributed by atoms with Gasteiger partial charge in [0, 0.05) is 24.1 Å². The molecule has 4 rings (SSSR count). The molecule has 2 heterocycles. The third-order valence-electron chi connectivity index (χ3n) is 5.61. The standard InChI is InChI=1S/C24H25N3O6/c1-3-4-21(29)25-17-8-6-16(7-9-17)18(28)13-27-22(30)24(2,26-23(27)31)12-15-5-10-19-20(11-15)33-14-32-19/h5-11H,3-4,12-14H2,1-2H3,(H,25,29)(H,26,31)/t24-/m0/s1. The van der Waals surface area contributed by atoms with Crippen molar-refractivity contribution in [3.8, 4) is 11.5 Å². The van der Waals surface area contributed by atoms with Gasteiger partial charge in [-0.1, -0.05) is 13.0 Å². The van der Waals surface area contributed by atoms with E-state index in [-0.39, 0.29) is 31.4 Å². The number of ketones is 1. The first kappa shape index (κ1) is 22.3. The lowest BCUT2D eigenvalue weighted by Crippen LogP contribution is -2.46. The van der Waals surface area contributed by atoms with Crippen LogP contribution in [0.4, 0.5) is 10.5 Å². The van der Waals surface area contributed by atoms with Crippen molar-refractivity contribution in [2.75, 3.05) is 18.7 Å². The van der Waals surface area contributed by atoms with Crippen LogP contribution >= 0.6 is 0 Å². The number of carbonyl (C=O) groups excluding carboxylic acids is 4. The molecule has 4 amide bonds. The molecule has 0 saturated carbocycles. The van der Waals surface area contributed by atoms with Crippen molar-refractivity contribution in [3.05, 3.63) is 53.6 Å². The minimum atomic E-state index is -1.18. The molecule has 2 aliphatic rings. The highest BCUT2D eigenvalue weighted by atomic mass is 16.7. The number of urea groups is 1. The Morgan fingerprint density at radius 1 is 1.09 bits per heavy atom. The van der Waals surface area contributed by atoms with E-state index >= 15 is 0 Å². The van der Waals surface area contributed by atoms with Gasteiger partial charge in [0.25, 0.3) is 5.91 Å². The predicted molar refractivity (Wildman–Crippen MR) is 119 cm³/mol. The summed E-state index contributed by atoms with van der Waals surface area (Å²) < 4.78 is 10.7. The van der Waals surface area contributed by atoms with Crippen LogP contribution in [0.1, 0.15) is 42.6 Å². The molecule has 2 aromatic carbocycles. The van der Waals surface area contributed by atoms with E-state index in [2.05, 4.69) is 10.6 Å². The summed E-state index contributed by atoms with van der Waals surface area (Å²) in [5.41, 5.74) is 0.535. The van der Waals surface area contributed by atoms with Crippen molar-refractivity contribution < 1.29 is 28.7 Å². The number of hydrogen-bond acceptors (Lipinski definition) is 6. The topological polar surface area (TPSA) is 114 Å². The fourth-order valence-electron chi connectivity index (χ4n) is 3.89. The van der Waals surface area contributed by atoms with E-state index in [0.29, 0.717) is 29.2 Å². The molecule has 0 spiro atoms. The van der Waals surface area contributed by atoms with Gasteiger partial charge in [0.05, 0.1) is 6.54 Å². The average molecular weight is 451 g/mol. The molecule has 9 nitrogen and oxygen atoms in total. The van der Waals surface area contributed by atoms with Crippen LogP contribution in [0.15, 0.2) is 42.5 Å². The molecular weight excluding hydrogens is 426 g/mol. The van der Waals surface area contributed by atoms with Gasteiger partial charge < -0.3 is 20.1 Å². The molecule has 0 aliphatic carbocycles. The van der Waals surface area contributed by atoms with E-state index in [1.165, 1.54) is 0 Å². The minimum Gasteiger partial charge on any atom is -0.454 e. The molecule has 2 aliphatic heterocycles. The molecule has 33 heavy (non-hydrogen) atoms. The minimum absolute atomic E-state index is 0.0994. The van der Waals surface area contributed by atoms with E-state index < -0.39 is 17.5 Å². The van der Waals surface area contributed by atoms with E-state index in [1.807, 2.05) is 13.0 Å². The number of imide groups is 1. The fourth-order valence-corrected chi connectivity index (χ4v) is 3.89. The van der Waals surface area contributed by atoms with E-state index in [0.717, 1.165) is 16.9 Å². The van der Waals surface area contributed by atoms with Gasteiger partial charge in [0.1, 0.15) is 5.54 Å². The van der Waals surface area contributed by atoms with Crippen LogP contribution in [-0.4, -0.2) is 47.4 Å². The third-order valence-corrected chi connectivity index (χ3v) is 5.61. The summed E-state index contributed by atoms with van der Waals surface area (Å²) in [7, 11) is 0. The maximum Gasteiger partial charge on any atom is 0.325 e. The van der Waals surface area contributed by atoms with Crippen molar-refractivity contribution in [1.29, 1.82) is 0 Å². The monoisotopic (exact) mass is 451 g/mol. The number of nitrogens with zero attached hydrogens (tertiary/aromatic N) is 1. The number of fused-ring (bicyclic) bond motifs is 1. The summed E-state index contributed by atoms with van der Waals surface area (Å²) in [4.78, 5) is 51.0. The zero-order chi connectivity index (χ0) is 23.6. The number of Topliss-reactive ketones (excluding diaryl/α,β-unsaturated/α-hetero) is 1. The number of amides is 4. The van der Waals surface area contributed by atoms with Crippen molar-refractivity contribution in [2.45, 2.75) is 38.6 Å². The Hall–Kier alpha value is -3.88. The van der Waals surface area contributed by atoms with Crippen LogP contribution < -0.4 is 20.1 Å². The molecule has 2 N–H and O–H groups in total. The number of benzene rings is 2. The Morgan fingerprint density at radius 2 is 1.82 bits per heavy atom. The smallest absolute Gasteiger partial charge is 0.325 e. The predicted octanol–water partition coefficient (Wildman–Crippen LogP) is 2.89. The second-order valence-corrected chi connectivity index (χ2v) is 8.32. The van der Waals surface area contributed by atoms with Gasteiger partial charge in [-0.15, -0.1) is 0 Å². The molecule has 9 heteroatoms. The maximum absolute atomic E-state index is 13.1. The SMILES string of the molecule is CCCC(=O)Nc1ccc(C(=O)CN2C(=O)N[C@@](C)(Cc3ccc4c(c3)OCO4)C2=O)cc1. The molecule has 0 aromatic heterocycles. The Kier molecular flexibility index (Phi) is 6.04. The summed E-state index contributed by atoms with van der Waals surface area (Å²) in [6, 6.07) is 11.1. The maximum atomic E-state index is 13.1. The van der Waals surface area contributed by atoms with Crippen LogP contribution in [-0.2, 0) is 16.0 Å². The van der Waals surface area contributed by atoms with Gasteiger partial charge in [-0.25, -0.2) is 4.79 Å². The molecule has 1 fully saturated rings. The molecule has 2 aromatic rings. The third kappa shape index (κ3) is 4.67. The van der Waals surface area contributed by atoms with Crippen LogP contribution in [0.25, 0.3) is 0 Å². The number of anilines is 1. The van der Waals surface area contributed by atoms with Crippen molar-refractivity contribution in [1.82, 2.24) is 10.2 Å². The van der Waals surface area contributed by atoms with Crippen LogP contribution in [0.2, 0.25) is 0 Å². The second kappa shape index (κ2) is 8.93. The van der Waals surface area contributed by atoms with Gasteiger partial charge in [0.2, 0.25) is 12.7 Å². The van der Waals surface area contributed by atoms with Crippen LogP contribution in [0.3, 0.4) is 0 Å². The Bertz CT molecular complexity index is 1110. The molecular formula is C24H25N3O6. The molecule has 0 bridgehead atoms. The van der Waals surface area contributed by atoms with Gasteiger partial charge in [-0.3, -0.25) is 19.3 Å². The normalized spacial score (nSPS) is 18.9. The van der Waals surface area contributed by atoms with Crippen molar-refractivity contribution >= 4 is 29.3 Å². The number of carbonyl (C=O) groups is 4.